The fourth-order valence-corrected chi connectivity index (χ4v) is 2.25. The molecule has 3 N–H and O–H groups in total. The maximum Gasteiger partial charge on any atom is 0.335 e. The molecule has 0 heterocycles. The van der Waals surface area contributed by atoms with E-state index in [1.807, 2.05) is 27.7 Å². The molecule has 1 aromatic rings. The summed E-state index contributed by atoms with van der Waals surface area (Å²) in [4.78, 5) is 33.9. The van der Waals surface area contributed by atoms with Crippen molar-refractivity contribution >= 4 is 30.5 Å². The monoisotopic (exact) mass is 372 g/mol. The molecule has 0 amide bonds. The lowest BCUT2D eigenvalue weighted by molar-refractivity contribution is -0.165. The molecule has 0 atom stereocenters. The van der Waals surface area contributed by atoms with E-state index in [1.165, 1.54) is 24.3 Å². The molecule has 25 heavy (non-hydrogen) atoms. The van der Waals surface area contributed by atoms with Crippen LogP contribution in [0.4, 0.5) is 0 Å². The number of carbonyl (C=O) groups is 3. The smallest absolute Gasteiger partial charge is 0.335 e. The number of hydrogen-bond donors (Lipinski definition) is 4. The van der Waals surface area contributed by atoms with Gasteiger partial charge < -0.3 is 15.3 Å². The lowest BCUT2D eigenvalue weighted by Crippen LogP contribution is -2.41. The first-order valence-electron chi connectivity index (χ1n) is 8.23. The van der Waals surface area contributed by atoms with Gasteiger partial charge in [0.2, 0.25) is 0 Å². The molecule has 0 unspecified atom stereocenters. The largest absolute Gasteiger partial charge is 0.480 e. The second kappa shape index (κ2) is 13.3. The molecule has 0 bridgehead atoms. The second-order valence-electron chi connectivity index (χ2n) is 4.70. The van der Waals surface area contributed by atoms with Crippen LogP contribution in [0.25, 0.3) is 0 Å². The SMILES string of the molecule is CC.CC.O=C(O)c1cccc(CC(CCCS)(C(=O)O)C(=O)O)c1. The van der Waals surface area contributed by atoms with Crippen LogP contribution in [0.2, 0.25) is 0 Å². The lowest BCUT2D eigenvalue weighted by atomic mass is 9.77. The first kappa shape index (κ1) is 25.2. The molecule has 0 aliphatic carbocycles. The maximum atomic E-state index is 11.5. The van der Waals surface area contributed by atoms with E-state index in [0.29, 0.717) is 17.7 Å². The Bertz CT molecular complexity index is 542. The minimum Gasteiger partial charge on any atom is -0.480 e. The molecule has 0 radical (unpaired) electrons. The van der Waals surface area contributed by atoms with Gasteiger partial charge in [-0.1, -0.05) is 39.8 Å². The summed E-state index contributed by atoms with van der Waals surface area (Å²) in [6.45, 7) is 8.00. The van der Waals surface area contributed by atoms with Gasteiger partial charge in [-0.05, 0) is 42.7 Å². The number of thiol groups is 1. The summed E-state index contributed by atoms with van der Waals surface area (Å²) < 4.78 is 0. The Morgan fingerprint density at radius 3 is 1.92 bits per heavy atom. The van der Waals surface area contributed by atoms with E-state index in [9.17, 15) is 24.6 Å². The van der Waals surface area contributed by atoms with Gasteiger partial charge in [-0.2, -0.15) is 12.6 Å². The Kier molecular flexibility index (Phi) is 13.4. The molecular formula is C18H28O6S. The van der Waals surface area contributed by atoms with Gasteiger partial charge in [-0.25, -0.2) is 4.79 Å². The van der Waals surface area contributed by atoms with Crippen LogP contribution in [0.15, 0.2) is 24.3 Å². The predicted octanol–water partition coefficient (Wildman–Crippen LogP) is 3.85. The first-order valence-corrected chi connectivity index (χ1v) is 8.86. The summed E-state index contributed by atoms with van der Waals surface area (Å²) >= 11 is 3.98. The molecule has 0 aromatic heterocycles. The van der Waals surface area contributed by atoms with Gasteiger partial charge in [-0.3, -0.25) is 9.59 Å². The molecule has 0 saturated carbocycles. The lowest BCUT2D eigenvalue weighted by Gasteiger charge is -2.24. The van der Waals surface area contributed by atoms with E-state index in [-0.39, 0.29) is 18.4 Å². The van der Waals surface area contributed by atoms with Crippen LogP contribution in [0.5, 0.6) is 0 Å². The minimum absolute atomic E-state index is 0.00799. The molecule has 0 saturated heterocycles. The Labute approximate surface area is 154 Å². The molecule has 0 spiro atoms. The number of hydrogen-bond acceptors (Lipinski definition) is 4. The molecular weight excluding hydrogens is 344 g/mol. The molecule has 1 rings (SSSR count). The van der Waals surface area contributed by atoms with Gasteiger partial charge >= 0.3 is 17.9 Å². The normalized spacial score (nSPS) is 9.80. The molecule has 142 valence electrons. The fraction of sp³-hybridized carbons (Fsp3) is 0.500. The number of carboxylic acids is 3. The summed E-state index contributed by atoms with van der Waals surface area (Å²) in [7, 11) is 0. The highest BCUT2D eigenvalue weighted by Gasteiger charge is 2.46. The van der Waals surface area contributed by atoms with E-state index < -0.39 is 23.3 Å². The number of benzene rings is 1. The van der Waals surface area contributed by atoms with Crippen molar-refractivity contribution in [2.45, 2.75) is 47.0 Å². The van der Waals surface area contributed by atoms with Crippen molar-refractivity contribution in [1.82, 2.24) is 0 Å². The molecule has 0 aliphatic heterocycles. The number of rotatable bonds is 8. The van der Waals surface area contributed by atoms with Gasteiger partial charge in [0.15, 0.2) is 5.41 Å². The first-order chi connectivity index (χ1) is 11.8. The third-order valence-electron chi connectivity index (χ3n) is 3.26. The van der Waals surface area contributed by atoms with Crippen molar-refractivity contribution < 1.29 is 29.7 Å². The second-order valence-corrected chi connectivity index (χ2v) is 5.15. The zero-order valence-electron chi connectivity index (χ0n) is 15.2. The van der Waals surface area contributed by atoms with Crippen LogP contribution in [0, 0.1) is 5.41 Å². The summed E-state index contributed by atoms with van der Waals surface area (Å²) in [6.07, 6.45) is -0.00857. The van der Waals surface area contributed by atoms with E-state index in [1.54, 1.807) is 0 Å². The van der Waals surface area contributed by atoms with Crippen LogP contribution in [-0.2, 0) is 16.0 Å². The predicted molar refractivity (Wildman–Crippen MR) is 101 cm³/mol. The van der Waals surface area contributed by atoms with E-state index >= 15 is 0 Å². The van der Waals surface area contributed by atoms with Crippen LogP contribution in [0.1, 0.15) is 56.5 Å². The number of aliphatic carboxylic acids is 2. The minimum atomic E-state index is -1.97. The van der Waals surface area contributed by atoms with Crippen LogP contribution >= 0.6 is 12.6 Å². The van der Waals surface area contributed by atoms with Crippen molar-refractivity contribution in [2.75, 3.05) is 5.75 Å². The quantitative estimate of drug-likeness (QED) is 0.407. The Morgan fingerprint density at radius 1 is 1.00 bits per heavy atom. The number of aromatic carboxylic acids is 1. The van der Waals surface area contributed by atoms with Crippen LogP contribution in [-0.4, -0.2) is 39.0 Å². The molecule has 0 aliphatic rings. The van der Waals surface area contributed by atoms with Crippen molar-refractivity contribution in [3.63, 3.8) is 0 Å². The van der Waals surface area contributed by atoms with E-state index in [2.05, 4.69) is 12.6 Å². The van der Waals surface area contributed by atoms with E-state index in [0.717, 1.165) is 0 Å². The van der Waals surface area contributed by atoms with Crippen molar-refractivity contribution in [3.8, 4) is 0 Å². The zero-order valence-corrected chi connectivity index (χ0v) is 16.0. The molecule has 1 aromatic carbocycles. The maximum absolute atomic E-state index is 11.5. The average molecular weight is 372 g/mol. The standard InChI is InChI=1S/C14H16O6S.2C2H6/c15-11(16)10-4-1-3-9(7-10)8-14(12(17)18,13(19)20)5-2-6-21;2*1-2/h1,3-4,7,21H,2,5-6,8H2,(H,15,16)(H,17,18)(H,19,20);2*1-2H3. The van der Waals surface area contributed by atoms with Crippen molar-refractivity contribution in [2.24, 2.45) is 5.41 Å². The third-order valence-corrected chi connectivity index (χ3v) is 3.58. The Balaban J connectivity index is 0. The molecule has 7 heteroatoms. The molecule has 0 fully saturated rings. The highest BCUT2D eigenvalue weighted by molar-refractivity contribution is 7.80. The zero-order chi connectivity index (χ0) is 20.0. The van der Waals surface area contributed by atoms with Gasteiger partial charge in [0, 0.05) is 0 Å². The van der Waals surface area contributed by atoms with E-state index in [4.69, 9.17) is 5.11 Å². The Morgan fingerprint density at radius 2 is 1.52 bits per heavy atom. The van der Waals surface area contributed by atoms with Crippen LogP contribution in [0.3, 0.4) is 0 Å². The summed E-state index contributed by atoms with van der Waals surface area (Å²) in [6, 6.07) is 5.64. The molecule has 6 nitrogen and oxygen atoms in total. The van der Waals surface area contributed by atoms with Crippen molar-refractivity contribution in [1.29, 1.82) is 0 Å². The summed E-state index contributed by atoms with van der Waals surface area (Å²) in [5, 5.41) is 27.6. The third kappa shape index (κ3) is 7.60. The summed E-state index contributed by atoms with van der Waals surface area (Å²) in [5.41, 5.74) is -1.62. The van der Waals surface area contributed by atoms with Gasteiger partial charge in [0.05, 0.1) is 5.56 Å². The average Bonchev–Trinajstić information content (AvgIpc) is 2.61. The topological polar surface area (TPSA) is 112 Å². The van der Waals surface area contributed by atoms with Gasteiger partial charge in [0.1, 0.15) is 0 Å². The highest BCUT2D eigenvalue weighted by Crippen LogP contribution is 2.30. The summed E-state index contributed by atoms with van der Waals surface area (Å²) in [5.74, 6) is -3.64. The Hall–Kier alpha value is -2.02. The van der Waals surface area contributed by atoms with Gasteiger partial charge in [-0.15, -0.1) is 0 Å². The number of carboxylic acid groups (broad SMARTS) is 3. The van der Waals surface area contributed by atoms with Crippen LogP contribution < -0.4 is 0 Å². The fourth-order valence-electron chi connectivity index (χ4n) is 2.09. The highest BCUT2D eigenvalue weighted by atomic mass is 32.1. The van der Waals surface area contributed by atoms with Gasteiger partial charge in [0.25, 0.3) is 0 Å². The van der Waals surface area contributed by atoms with Crippen molar-refractivity contribution in [3.05, 3.63) is 35.4 Å².